The standard InChI is InChI=1S/C20H16ClN3O5/c1-11-2-5-13(9-16(11)21)24-19(27)15(18(26)23-20(24)28)8-12-3-6-14(7-4-12)29-10-17(22)25/h2-9H,10H2,1H3,(H2,22,25)(H,23,26,28)/b15-8+. The third-order valence-corrected chi connectivity index (χ3v) is 4.49. The summed E-state index contributed by atoms with van der Waals surface area (Å²) >= 11 is 6.09. The maximum absolute atomic E-state index is 12.8. The first kappa shape index (κ1) is 20.1. The minimum absolute atomic E-state index is 0.216. The number of ether oxygens (including phenoxy) is 1. The fourth-order valence-corrected chi connectivity index (χ4v) is 2.77. The van der Waals surface area contributed by atoms with E-state index in [2.05, 4.69) is 5.32 Å². The second kappa shape index (κ2) is 8.15. The fraction of sp³-hybridized carbons (Fsp3) is 0.100. The van der Waals surface area contributed by atoms with E-state index in [4.69, 9.17) is 22.1 Å². The average molecular weight is 414 g/mol. The smallest absolute Gasteiger partial charge is 0.335 e. The van der Waals surface area contributed by atoms with Crippen molar-refractivity contribution in [2.24, 2.45) is 5.73 Å². The Morgan fingerprint density at radius 3 is 2.48 bits per heavy atom. The zero-order chi connectivity index (χ0) is 21.1. The van der Waals surface area contributed by atoms with Gasteiger partial charge >= 0.3 is 6.03 Å². The average Bonchev–Trinajstić information content (AvgIpc) is 2.67. The van der Waals surface area contributed by atoms with Crippen molar-refractivity contribution < 1.29 is 23.9 Å². The predicted molar refractivity (Wildman–Crippen MR) is 106 cm³/mol. The maximum atomic E-state index is 12.8. The molecule has 0 unspecified atom stereocenters. The number of aryl methyl sites for hydroxylation is 1. The molecule has 0 saturated carbocycles. The van der Waals surface area contributed by atoms with Gasteiger partial charge in [-0.2, -0.15) is 0 Å². The number of nitrogens with zero attached hydrogens (tertiary/aromatic N) is 1. The van der Waals surface area contributed by atoms with E-state index in [-0.39, 0.29) is 17.9 Å². The van der Waals surface area contributed by atoms with Gasteiger partial charge in [0.15, 0.2) is 6.61 Å². The lowest BCUT2D eigenvalue weighted by Crippen LogP contribution is -2.54. The van der Waals surface area contributed by atoms with Crippen molar-refractivity contribution in [2.75, 3.05) is 11.5 Å². The summed E-state index contributed by atoms with van der Waals surface area (Å²) in [5, 5.41) is 2.53. The maximum Gasteiger partial charge on any atom is 0.335 e. The Morgan fingerprint density at radius 1 is 1.17 bits per heavy atom. The number of imide groups is 2. The number of nitrogens with two attached hydrogens (primary N) is 1. The molecule has 8 nitrogen and oxygen atoms in total. The molecular weight excluding hydrogens is 398 g/mol. The largest absolute Gasteiger partial charge is 0.484 e. The number of nitrogens with one attached hydrogen (secondary N) is 1. The summed E-state index contributed by atoms with van der Waals surface area (Å²) in [7, 11) is 0. The topological polar surface area (TPSA) is 119 Å². The Hall–Kier alpha value is -3.65. The molecule has 0 radical (unpaired) electrons. The number of hydrogen-bond acceptors (Lipinski definition) is 5. The predicted octanol–water partition coefficient (Wildman–Crippen LogP) is 2.18. The molecular formula is C20H16ClN3O5. The van der Waals surface area contributed by atoms with E-state index in [1.807, 2.05) is 0 Å². The SMILES string of the molecule is Cc1ccc(N2C(=O)NC(=O)/C(=C\c3ccc(OCC(N)=O)cc3)C2=O)cc1Cl. The molecule has 1 heterocycles. The van der Waals surface area contributed by atoms with E-state index >= 15 is 0 Å². The lowest BCUT2D eigenvalue weighted by atomic mass is 10.1. The van der Waals surface area contributed by atoms with Gasteiger partial charge in [-0.15, -0.1) is 0 Å². The van der Waals surface area contributed by atoms with E-state index in [1.54, 1.807) is 43.3 Å². The Balaban J connectivity index is 1.88. The lowest BCUT2D eigenvalue weighted by molar-refractivity contribution is -0.123. The zero-order valence-electron chi connectivity index (χ0n) is 15.3. The number of carbonyl (C=O) groups excluding carboxylic acids is 4. The number of rotatable bonds is 5. The van der Waals surface area contributed by atoms with Gasteiger partial charge in [-0.05, 0) is 48.4 Å². The van der Waals surface area contributed by atoms with Crippen molar-refractivity contribution in [3.05, 3.63) is 64.2 Å². The summed E-state index contributed by atoms with van der Waals surface area (Å²) in [5.41, 5.74) is 6.35. The van der Waals surface area contributed by atoms with Crippen molar-refractivity contribution in [1.29, 1.82) is 0 Å². The van der Waals surface area contributed by atoms with Crippen LogP contribution < -0.4 is 20.7 Å². The highest BCUT2D eigenvalue weighted by atomic mass is 35.5. The van der Waals surface area contributed by atoms with Gasteiger partial charge in [0.05, 0.1) is 5.69 Å². The Labute approximate surface area is 170 Å². The van der Waals surface area contributed by atoms with Gasteiger partial charge in [-0.3, -0.25) is 19.7 Å². The molecule has 1 aliphatic rings. The first-order valence-electron chi connectivity index (χ1n) is 8.45. The second-order valence-electron chi connectivity index (χ2n) is 6.22. The summed E-state index contributed by atoms with van der Waals surface area (Å²) < 4.78 is 5.16. The number of halogens is 1. The summed E-state index contributed by atoms with van der Waals surface area (Å²) in [6.45, 7) is 1.52. The van der Waals surface area contributed by atoms with E-state index in [0.29, 0.717) is 16.3 Å². The van der Waals surface area contributed by atoms with Crippen LogP contribution in [0.15, 0.2) is 48.0 Å². The van der Waals surface area contributed by atoms with Crippen LogP contribution in [0.2, 0.25) is 5.02 Å². The van der Waals surface area contributed by atoms with E-state index in [0.717, 1.165) is 10.5 Å². The minimum atomic E-state index is -0.854. The Morgan fingerprint density at radius 2 is 1.86 bits per heavy atom. The molecule has 0 atom stereocenters. The molecule has 0 bridgehead atoms. The van der Waals surface area contributed by atoms with Crippen molar-refractivity contribution in [3.8, 4) is 5.75 Å². The Bertz CT molecular complexity index is 1050. The molecule has 1 aliphatic heterocycles. The van der Waals surface area contributed by atoms with Gasteiger partial charge in [0.1, 0.15) is 11.3 Å². The van der Waals surface area contributed by atoms with E-state index in [9.17, 15) is 19.2 Å². The minimum Gasteiger partial charge on any atom is -0.484 e. The van der Waals surface area contributed by atoms with Gasteiger partial charge in [0, 0.05) is 5.02 Å². The monoisotopic (exact) mass is 413 g/mol. The van der Waals surface area contributed by atoms with Crippen molar-refractivity contribution in [3.63, 3.8) is 0 Å². The normalized spacial score (nSPS) is 15.4. The zero-order valence-corrected chi connectivity index (χ0v) is 16.0. The second-order valence-corrected chi connectivity index (χ2v) is 6.62. The van der Waals surface area contributed by atoms with E-state index < -0.39 is 23.8 Å². The van der Waals surface area contributed by atoms with Crippen molar-refractivity contribution >= 4 is 47.1 Å². The summed E-state index contributed by atoms with van der Waals surface area (Å²) in [6, 6.07) is 10.2. The van der Waals surface area contributed by atoms with Crippen LogP contribution in [0.1, 0.15) is 11.1 Å². The molecule has 2 aromatic carbocycles. The first-order valence-corrected chi connectivity index (χ1v) is 8.83. The highest BCUT2D eigenvalue weighted by molar-refractivity contribution is 6.39. The first-order chi connectivity index (χ1) is 13.8. The van der Waals surface area contributed by atoms with Gasteiger partial charge in [-0.1, -0.05) is 29.8 Å². The van der Waals surface area contributed by atoms with Gasteiger partial charge < -0.3 is 10.5 Å². The number of urea groups is 1. The number of hydrogen-bond donors (Lipinski definition) is 2. The number of benzene rings is 2. The van der Waals surface area contributed by atoms with Crippen LogP contribution in [0.3, 0.4) is 0 Å². The van der Waals surface area contributed by atoms with Crippen LogP contribution in [0.25, 0.3) is 6.08 Å². The lowest BCUT2D eigenvalue weighted by Gasteiger charge is -2.26. The van der Waals surface area contributed by atoms with Crippen molar-refractivity contribution in [1.82, 2.24) is 5.32 Å². The molecule has 0 aliphatic carbocycles. The molecule has 3 N–H and O–H groups in total. The third kappa shape index (κ3) is 4.44. The van der Waals surface area contributed by atoms with Gasteiger partial charge in [0.25, 0.3) is 17.7 Å². The highest BCUT2D eigenvalue weighted by Crippen LogP contribution is 2.26. The number of anilines is 1. The van der Waals surface area contributed by atoms with Crippen molar-refractivity contribution in [2.45, 2.75) is 6.92 Å². The Kier molecular flexibility index (Phi) is 5.65. The molecule has 3 rings (SSSR count). The summed E-state index contributed by atoms with van der Waals surface area (Å²) in [6.07, 6.45) is 1.35. The quantitative estimate of drug-likeness (QED) is 0.575. The summed E-state index contributed by atoms with van der Waals surface area (Å²) in [5.74, 6) is -1.78. The van der Waals surface area contributed by atoms with Crippen LogP contribution in [0, 0.1) is 6.92 Å². The molecule has 148 valence electrons. The van der Waals surface area contributed by atoms with Crippen LogP contribution >= 0.6 is 11.6 Å². The van der Waals surface area contributed by atoms with Crippen LogP contribution in [-0.4, -0.2) is 30.4 Å². The number of primary amides is 1. The van der Waals surface area contributed by atoms with Gasteiger partial charge in [-0.25, -0.2) is 9.69 Å². The molecule has 0 spiro atoms. The summed E-state index contributed by atoms with van der Waals surface area (Å²) in [4.78, 5) is 48.9. The molecule has 9 heteroatoms. The molecule has 2 aromatic rings. The molecule has 0 aromatic heterocycles. The number of amides is 5. The van der Waals surface area contributed by atoms with Crippen LogP contribution in [0.4, 0.5) is 10.5 Å². The molecule has 1 fully saturated rings. The number of carbonyl (C=O) groups is 4. The molecule has 5 amide bonds. The fourth-order valence-electron chi connectivity index (χ4n) is 2.59. The number of barbiturate groups is 1. The van der Waals surface area contributed by atoms with Crippen LogP contribution in [-0.2, 0) is 14.4 Å². The molecule has 1 saturated heterocycles. The highest BCUT2D eigenvalue weighted by Gasteiger charge is 2.36. The van der Waals surface area contributed by atoms with Gasteiger partial charge in [0.2, 0.25) is 0 Å². The van der Waals surface area contributed by atoms with Crippen LogP contribution in [0.5, 0.6) is 5.75 Å². The van der Waals surface area contributed by atoms with E-state index in [1.165, 1.54) is 12.1 Å². The third-order valence-electron chi connectivity index (χ3n) is 4.09. The molecule has 29 heavy (non-hydrogen) atoms.